The first kappa shape index (κ1) is 14.4. The summed E-state index contributed by atoms with van der Waals surface area (Å²) in [6.45, 7) is 4.44. The van der Waals surface area contributed by atoms with E-state index in [4.69, 9.17) is 0 Å². The molecular weight excluding hydrogens is 240 g/mol. The molecule has 0 bridgehead atoms. The van der Waals surface area contributed by atoms with Crippen LogP contribution >= 0.6 is 0 Å². The molecular formula is C11H22N2O3S. The molecule has 1 rings (SSSR count). The summed E-state index contributed by atoms with van der Waals surface area (Å²) in [7, 11) is -2.93. The van der Waals surface area contributed by atoms with Crippen LogP contribution in [-0.4, -0.2) is 50.0 Å². The zero-order valence-electron chi connectivity index (χ0n) is 10.8. The van der Waals surface area contributed by atoms with Gasteiger partial charge in [-0.25, -0.2) is 8.42 Å². The monoisotopic (exact) mass is 262 g/mol. The Hall–Kier alpha value is -0.620. The predicted octanol–water partition coefficient (Wildman–Crippen LogP) is 0.368. The van der Waals surface area contributed by atoms with E-state index >= 15 is 0 Å². The lowest BCUT2D eigenvalue weighted by Crippen LogP contribution is -2.38. The first-order valence-corrected chi connectivity index (χ1v) is 8.15. The second-order valence-electron chi connectivity index (χ2n) is 4.71. The summed E-state index contributed by atoms with van der Waals surface area (Å²) in [5.74, 6) is 0.223. The average molecular weight is 262 g/mol. The molecule has 1 fully saturated rings. The molecule has 2 atom stereocenters. The van der Waals surface area contributed by atoms with E-state index in [0.29, 0.717) is 13.0 Å². The van der Waals surface area contributed by atoms with Crippen molar-refractivity contribution in [3.63, 3.8) is 0 Å². The van der Waals surface area contributed by atoms with Gasteiger partial charge in [0.25, 0.3) is 0 Å². The lowest BCUT2D eigenvalue weighted by Gasteiger charge is -2.23. The van der Waals surface area contributed by atoms with Crippen LogP contribution in [0.1, 0.15) is 33.1 Å². The second-order valence-corrected chi connectivity index (χ2v) is 6.97. The molecule has 1 N–H and O–H groups in total. The summed E-state index contributed by atoms with van der Waals surface area (Å²) in [5.41, 5.74) is 0. The maximum atomic E-state index is 11.9. The SMILES string of the molecule is CCCC1NC(C)C(=O)N1CCCS(C)(=O)=O. The zero-order valence-corrected chi connectivity index (χ0v) is 11.6. The normalized spacial score (nSPS) is 25.6. The Morgan fingerprint density at radius 3 is 2.59 bits per heavy atom. The molecule has 0 aromatic heterocycles. The van der Waals surface area contributed by atoms with Gasteiger partial charge >= 0.3 is 0 Å². The largest absolute Gasteiger partial charge is 0.326 e. The van der Waals surface area contributed by atoms with Crippen LogP contribution in [0.15, 0.2) is 0 Å². The Labute approximate surface area is 103 Å². The van der Waals surface area contributed by atoms with Crippen LogP contribution in [0.25, 0.3) is 0 Å². The lowest BCUT2D eigenvalue weighted by molar-refractivity contribution is -0.129. The van der Waals surface area contributed by atoms with Crippen molar-refractivity contribution < 1.29 is 13.2 Å². The highest BCUT2D eigenvalue weighted by Crippen LogP contribution is 2.15. The summed E-state index contributed by atoms with van der Waals surface area (Å²) in [6.07, 6.45) is 3.72. The highest BCUT2D eigenvalue weighted by molar-refractivity contribution is 7.90. The summed E-state index contributed by atoms with van der Waals surface area (Å²) in [6, 6.07) is -0.148. The van der Waals surface area contributed by atoms with Gasteiger partial charge < -0.3 is 4.90 Å². The first-order chi connectivity index (χ1) is 7.85. The molecule has 1 saturated heterocycles. The number of nitrogens with one attached hydrogen (secondary N) is 1. The van der Waals surface area contributed by atoms with Gasteiger partial charge in [-0.15, -0.1) is 0 Å². The third-order valence-electron chi connectivity index (χ3n) is 2.95. The third-order valence-corrected chi connectivity index (χ3v) is 3.98. The molecule has 0 aliphatic carbocycles. The number of rotatable bonds is 6. The zero-order chi connectivity index (χ0) is 13.1. The molecule has 1 amide bonds. The number of carbonyl (C=O) groups is 1. The topological polar surface area (TPSA) is 66.5 Å². The molecule has 0 spiro atoms. The van der Waals surface area contributed by atoms with Gasteiger partial charge in [-0.2, -0.15) is 0 Å². The Kier molecular flexibility index (Phi) is 4.94. The van der Waals surface area contributed by atoms with E-state index in [1.807, 2.05) is 6.92 Å². The van der Waals surface area contributed by atoms with Crippen molar-refractivity contribution in [1.82, 2.24) is 10.2 Å². The lowest BCUT2D eigenvalue weighted by atomic mass is 10.2. The number of sulfone groups is 1. The van der Waals surface area contributed by atoms with Crippen LogP contribution in [0, 0.1) is 0 Å². The van der Waals surface area contributed by atoms with Crippen LogP contribution in [0.2, 0.25) is 0 Å². The molecule has 0 saturated carbocycles. The fraction of sp³-hybridized carbons (Fsp3) is 0.909. The first-order valence-electron chi connectivity index (χ1n) is 6.09. The fourth-order valence-corrected chi connectivity index (χ4v) is 2.78. The van der Waals surface area contributed by atoms with Crippen LogP contribution in [-0.2, 0) is 14.6 Å². The minimum atomic E-state index is -2.93. The van der Waals surface area contributed by atoms with Crippen LogP contribution in [0.4, 0.5) is 0 Å². The van der Waals surface area contributed by atoms with Crippen molar-refractivity contribution in [3.05, 3.63) is 0 Å². The van der Waals surface area contributed by atoms with Gasteiger partial charge in [0.05, 0.1) is 18.0 Å². The highest BCUT2D eigenvalue weighted by atomic mass is 32.2. The molecule has 1 heterocycles. The maximum absolute atomic E-state index is 11.9. The van der Waals surface area contributed by atoms with E-state index in [9.17, 15) is 13.2 Å². The molecule has 1 aliphatic heterocycles. The van der Waals surface area contributed by atoms with Gasteiger partial charge in [0.15, 0.2) is 0 Å². The summed E-state index contributed by atoms with van der Waals surface area (Å²) < 4.78 is 22.1. The van der Waals surface area contributed by atoms with Gasteiger partial charge in [-0.1, -0.05) is 13.3 Å². The number of amides is 1. The van der Waals surface area contributed by atoms with Crippen LogP contribution < -0.4 is 5.32 Å². The minimum Gasteiger partial charge on any atom is -0.326 e. The van der Waals surface area contributed by atoms with E-state index in [2.05, 4.69) is 12.2 Å². The average Bonchev–Trinajstić information content (AvgIpc) is 2.44. The third kappa shape index (κ3) is 4.27. The quantitative estimate of drug-likeness (QED) is 0.751. The standard InChI is InChI=1S/C11H22N2O3S/c1-4-6-10-12-9(2)11(14)13(10)7-5-8-17(3,15)16/h9-10,12H,4-8H2,1-3H3. The Balaban J connectivity index is 2.51. The van der Waals surface area contributed by atoms with Crippen molar-refractivity contribution in [3.8, 4) is 0 Å². The van der Waals surface area contributed by atoms with E-state index < -0.39 is 9.84 Å². The summed E-state index contributed by atoms with van der Waals surface area (Å²) in [5, 5.41) is 3.23. The van der Waals surface area contributed by atoms with Crippen molar-refractivity contribution in [2.24, 2.45) is 0 Å². The van der Waals surface area contributed by atoms with E-state index in [1.54, 1.807) is 4.90 Å². The van der Waals surface area contributed by atoms with Crippen LogP contribution in [0.3, 0.4) is 0 Å². The number of hydrogen-bond acceptors (Lipinski definition) is 4. The van der Waals surface area contributed by atoms with Crippen molar-refractivity contribution in [1.29, 1.82) is 0 Å². The predicted molar refractivity (Wildman–Crippen MR) is 67.3 cm³/mol. The summed E-state index contributed by atoms with van der Waals surface area (Å²) >= 11 is 0. The van der Waals surface area contributed by atoms with E-state index in [1.165, 1.54) is 6.26 Å². The number of nitrogens with zero attached hydrogens (tertiary/aromatic N) is 1. The maximum Gasteiger partial charge on any atom is 0.240 e. The van der Waals surface area contributed by atoms with Gasteiger partial charge in [-0.3, -0.25) is 10.1 Å². The Bertz CT molecular complexity index is 367. The molecule has 100 valence electrons. The Morgan fingerprint density at radius 2 is 2.06 bits per heavy atom. The van der Waals surface area contributed by atoms with E-state index in [-0.39, 0.29) is 23.9 Å². The smallest absolute Gasteiger partial charge is 0.240 e. The molecule has 5 nitrogen and oxygen atoms in total. The van der Waals surface area contributed by atoms with Gasteiger partial charge in [0, 0.05) is 12.8 Å². The van der Waals surface area contributed by atoms with Gasteiger partial charge in [0.2, 0.25) is 5.91 Å². The second kappa shape index (κ2) is 5.82. The fourth-order valence-electron chi connectivity index (χ4n) is 2.13. The number of hydrogen-bond donors (Lipinski definition) is 1. The van der Waals surface area contributed by atoms with Crippen LogP contribution in [0.5, 0.6) is 0 Å². The molecule has 17 heavy (non-hydrogen) atoms. The van der Waals surface area contributed by atoms with Gasteiger partial charge in [-0.05, 0) is 19.8 Å². The highest BCUT2D eigenvalue weighted by Gasteiger charge is 2.34. The molecule has 1 aliphatic rings. The van der Waals surface area contributed by atoms with Crippen molar-refractivity contribution in [2.45, 2.75) is 45.3 Å². The van der Waals surface area contributed by atoms with Crippen molar-refractivity contribution >= 4 is 15.7 Å². The molecule has 6 heteroatoms. The summed E-state index contributed by atoms with van der Waals surface area (Å²) in [4.78, 5) is 13.6. The molecule has 0 aromatic rings. The molecule has 0 aromatic carbocycles. The van der Waals surface area contributed by atoms with E-state index in [0.717, 1.165) is 12.8 Å². The minimum absolute atomic E-state index is 0.0714. The molecule has 0 radical (unpaired) electrons. The van der Waals surface area contributed by atoms with Crippen molar-refractivity contribution in [2.75, 3.05) is 18.6 Å². The Morgan fingerprint density at radius 1 is 1.41 bits per heavy atom. The number of carbonyl (C=O) groups excluding carboxylic acids is 1. The molecule has 2 unspecified atom stereocenters. The van der Waals surface area contributed by atoms with Gasteiger partial charge in [0.1, 0.15) is 9.84 Å².